The molecule has 1 amide bonds. The second-order valence-corrected chi connectivity index (χ2v) is 5.68. The number of aromatic nitrogens is 2. The van der Waals surface area contributed by atoms with E-state index in [1.807, 2.05) is 0 Å². The average molecular weight is 367 g/mol. The number of benzene rings is 2. The van der Waals surface area contributed by atoms with E-state index < -0.39 is 29.7 Å². The van der Waals surface area contributed by atoms with Crippen LogP contribution in [0, 0.1) is 5.82 Å². The smallest absolute Gasteiger partial charge is 0.416 e. The molecular weight excluding hydrogens is 354 g/mol. The van der Waals surface area contributed by atoms with Crippen LogP contribution >= 0.6 is 0 Å². The Kier molecular flexibility index (Phi) is 4.54. The van der Waals surface area contributed by atoms with E-state index >= 15 is 0 Å². The van der Waals surface area contributed by atoms with E-state index in [-0.39, 0.29) is 12.2 Å². The minimum Gasteiger partial charge on any atom is -0.465 e. The van der Waals surface area contributed by atoms with Gasteiger partial charge in [0.25, 0.3) is 0 Å². The maximum atomic E-state index is 13.3. The van der Waals surface area contributed by atoms with Gasteiger partial charge in [0.1, 0.15) is 11.6 Å². The number of fused-ring (bicyclic) bond motifs is 1. The predicted octanol–water partition coefficient (Wildman–Crippen LogP) is 4.27. The van der Waals surface area contributed by atoms with Crippen LogP contribution in [0.1, 0.15) is 23.0 Å². The fraction of sp³-hybridized carbons (Fsp3) is 0.176. The fourth-order valence-corrected chi connectivity index (χ4v) is 2.60. The number of nitrogens with one attached hydrogen (secondary N) is 2. The zero-order valence-corrected chi connectivity index (χ0v) is 13.1. The van der Waals surface area contributed by atoms with Gasteiger partial charge in [-0.2, -0.15) is 13.2 Å². The summed E-state index contributed by atoms with van der Waals surface area (Å²) in [4.78, 5) is 18.1. The van der Waals surface area contributed by atoms with Crippen LogP contribution in [0.3, 0.4) is 0 Å². The van der Waals surface area contributed by atoms with E-state index in [4.69, 9.17) is 5.11 Å². The second-order valence-electron chi connectivity index (χ2n) is 5.68. The topological polar surface area (TPSA) is 78.0 Å². The van der Waals surface area contributed by atoms with Crippen molar-refractivity contribution in [3.05, 3.63) is 65.2 Å². The van der Waals surface area contributed by atoms with Crippen molar-refractivity contribution in [3.63, 3.8) is 0 Å². The highest BCUT2D eigenvalue weighted by Crippen LogP contribution is 2.29. The molecule has 1 unspecified atom stereocenters. The van der Waals surface area contributed by atoms with Crippen molar-refractivity contribution in [3.8, 4) is 0 Å². The Bertz CT molecular complexity index is 935. The summed E-state index contributed by atoms with van der Waals surface area (Å²) >= 11 is 0. The normalized spacial score (nSPS) is 12.9. The fourth-order valence-electron chi connectivity index (χ4n) is 2.60. The first-order valence-corrected chi connectivity index (χ1v) is 7.53. The molecule has 0 fully saturated rings. The number of amides is 1. The number of alkyl halides is 3. The molecule has 0 aliphatic rings. The predicted molar refractivity (Wildman–Crippen MR) is 85.1 cm³/mol. The summed E-state index contributed by atoms with van der Waals surface area (Å²) in [5.74, 6) is -0.230. The van der Waals surface area contributed by atoms with Crippen molar-refractivity contribution in [1.82, 2.24) is 15.3 Å². The zero-order valence-electron chi connectivity index (χ0n) is 13.1. The van der Waals surface area contributed by atoms with Gasteiger partial charge in [0.15, 0.2) is 0 Å². The van der Waals surface area contributed by atoms with Crippen LogP contribution < -0.4 is 5.32 Å². The first kappa shape index (κ1) is 17.7. The van der Waals surface area contributed by atoms with Gasteiger partial charge in [-0.05, 0) is 35.9 Å². The van der Waals surface area contributed by atoms with Gasteiger partial charge in [0.2, 0.25) is 0 Å². The Morgan fingerprint density at radius 3 is 2.50 bits per heavy atom. The number of aromatic amines is 1. The van der Waals surface area contributed by atoms with Gasteiger partial charge in [0.05, 0.1) is 22.6 Å². The highest BCUT2D eigenvalue weighted by atomic mass is 19.4. The molecule has 3 rings (SSSR count). The lowest BCUT2D eigenvalue weighted by Gasteiger charge is -2.15. The quantitative estimate of drug-likeness (QED) is 0.603. The van der Waals surface area contributed by atoms with Gasteiger partial charge in [-0.1, -0.05) is 12.1 Å². The van der Waals surface area contributed by atoms with E-state index in [0.717, 1.165) is 12.1 Å². The van der Waals surface area contributed by atoms with Crippen LogP contribution in [0.4, 0.5) is 22.4 Å². The van der Waals surface area contributed by atoms with E-state index in [9.17, 15) is 22.4 Å². The maximum Gasteiger partial charge on any atom is 0.416 e. The highest BCUT2D eigenvalue weighted by Gasteiger charge is 2.30. The van der Waals surface area contributed by atoms with Crippen LogP contribution in [0.25, 0.3) is 11.0 Å². The number of hydrogen-bond donors (Lipinski definition) is 3. The molecule has 0 aliphatic heterocycles. The molecule has 1 atom stereocenters. The minimum atomic E-state index is -4.44. The number of H-pyrrole nitrogens is 1. The Morgan fingerprint density at radius 1 is 1.19 bits per heavy atom. The van der Waals surface area contributed by atoms with Gasteiger partial charge < -0.3 is 15.4 Å². The molecule has 9 heteroatoms. The summed E-state index contributed by atoms with van der Waals surface area (Å²) < 4.78 is 51.2. The average Bonchev–Trinajstić information content (AvgIpc) is 2.96. The molecule has 0 bridgehead atoms. The number of carboxylic acid groups (broad SMARTS) is 1. The Labute approximate surface area is 144 Å². The van der Waals surface area contributed by atoms with E-state index in [2.05, 4.69) is 15.3 Å². The van der Waals surface area contributed by atoms with Gasteiger partial charge in [0, 0.05) is 6.42 Å². The molecule has 1 heterocycles. The Morgan fingerprint density at radius 2 is 1.88 bits per heavy atom. The van der Waals surface area contributed by atoms with Gasteiger partial charge >= 0.3 is 12.3 Å². The van der Waals surface area contributed by atoms with Gasteiger partial charge in [-0.3, -0.25) is 0 Å². The van der Waals surface area contributed by atoms with Crippen LogP contribution in [-0.2, 0) is 12.6 Å². The zero-order chi connectivity index (χ0) is 18.9. The van der Waals surface area contributed by atoms with E-state index in [1.165, 1.54) is 30.3 Å². The van der Waals surface area contributed by atoms with Crippen molar-refractivity contribution in [1.29, 1.82) is 0 Å². The minimum absolute atomic E-state index is 0.0761. The molecule has 3 N–H and O–H groups in total. The summed E-state index contributed by atoms with van der Waals surface area (Å²) in [7, 11) is 0. The van der Waals surface area contributed by atoms with E-state index in [0.29, 0.717) is 16.6 Å². The van der Waals surface area contributed by atoms with Crippen molar-refractivity contribution in [2.24, 2.45) is 0 Å². The third kappa shape index (κ3) is 3.93. The molecule has 0 saturated carbocycles. The first-order valence-electron chi connectivity index (χ1n) is 7.53. The SMILES string of the molecule is O=C(O)NC(Cc1ccc(C(F)(F)F)cc1)c1nc2ccc(F)cc2[nH]1. The second kappa shape index (κ2) is 6.66. The van der Waals surface area contributed by atoms with Crippen LogP contribution in [0.2, 0.25) is 0 Å². The molecule has 1 aromatic heterocycles. The molecule has 26 heavy (non-hydrogen) atoms. The molecule has 0 radical (unpaired) electrons. The molecule has 5 nitrogen and oxygen atoms in total. The van der Waals surface area contributed by atoms with Crippen LogP contribution in [-0.4, -0.2) is 21.2 Å². The largest absolute Gasteiger partial charge is 0.465 e. The highest BCUT2D eigenvalue weighted by molar-refractivity contribution is 5.75. The summed E-state index contributed by atoms with van der Waals surface area (Å²) in [5, 5.41) is 11.3. The summed E-state index contributed by atoms with van der Waals surface area (Å²) in [6.45, 7) is 0. The standard InChI is InChI=1S/C17H13F4N3O2/c18-11-5-6-12-13(8-11)23-15(22-12)14(24-16(25)26)7-9-1-3-10(4-2-9)17(19,20)21/h1-6,8,14,24H,7H2,(H,22,23)(H,25,26). The Balaban J connectivity index is 1.89. The molecule has 0 spiro atoms. The molecule has 3 aromatic rings. The molecule has 136 valence electrons. The monoisotopic (exact) mass is 367 g/mol. The molecular formula is C17H13F4N3O2. The van der Waals surface area contributed by atoms with Crippen LogP contribution in [0.15, 0.2) is 42.5 Å². The summed E-state index contributed by atoms with van der Waals surface area (Å²) in [6.07, 6.45) is -5.68. The van der Waals surface area contributed by atoms with Crippen molar-refractivity contribution < 1.29 is 27.5 Å². The number of imidazole rings is 1. The molecule has 0 aliphatic carbocycles. The number of halogens is 4. The number of nitrogens with zero attached hydrogens (tertiary/aromatic N) is 1. The number of carbonyl (C=O) groups is 1. The Hall–Kier alpha value is -3.10. The maximum absolute atomic E-state index is 13.3. The number of hydrogen-bond acceptors (Lipinski definition) is 2. The van der Waals surface area contributed by atoms with Gasteiger partial charge in [-0.15, -0.1) is 0 Å². The lowest BCUT2D eigenvalue weighted by Crippen LogP contribution is -2.29. The van der Waals surface area contributed by atoms with Crippen molar-refractivity contribution in [2.45, 2.75) is 18.6 Å². The summed E-state index contributed by atoms with van der Waals surface area (Å²) in [6, 6.07) is 7.48. The lowest BCUT2D eigenvalue weighted by molar-refractivity contribution is -0.137. The third-order valence-electron chi connectivity index (χ3n) is 3.81. The summed E-state index contributed by atoms with van der Waals surface area (Å²) in [5.41, 5.74) is 0.544. The lowest BCUT2D eigenvalue weighted by atomic mass is 10.0. The van der Waals surface area contributed by atoms with Crippen molar-refractivity contribution >= 4 is 17.1 Å². The van der Waals surface area contributed by atoms with Gasteiger partial charge in [-0.25, -0.2) is 14.2 Å². The molecule has 0 saturated heterocycles. The van der Waals surface area contributed by atoms with Crippen LogP contribution in [0.5, 0.6) is 0 Å². The third-order valence-corrected chi connectivity index (χ3v) is 3.81. The first-order chi connectivity index (χ1) is 12.2. The number of rotatable bonds is 4. The molecule has 2 aromatic carbocycles. The van der Waals surface area contributed by atoms with E-state index in [1.54, 1.807) is 0 Å². The van der Waals surface area contributed by atoms with Crippen molar-refractivity contribution in [2.75, 3.05) is 0 Å².